The van der Waals surface area contributed by atoms with E-state index in [1.54, 1.807) is 0 Å². The number of hydrogen-bond acceptors (Lipinski definition) is 2. The Bertz CT molecular complexity index is 1440. The number of rotatable bonds is 3. The zero-order valence-electron chi connectivity index (χ0n) is 18.3. The minimum Gasteiger partial charge on any atom is -0.281 e. The summed E-state index contributed by atoms with van der Waals surface area (Å²) in [5.74, 6) is 0. The van der Waals surface area contributed by atoms with Gasteiger partial charge in [-0.2, -0.15) is 5.10 Å². The molecule has 0 saturated heterocycles. The SMILES string of the molecule is CC1=C(C)[N+](c2cccc(C3(c4ccn[nH]4)c4ccccc4-c4cccnc43)c2)=C=[N+]1C. The van der Waals surface area contributed by atoms with Crippen molar-refractivity contribution in [1.29, 1.82) is 0 Å². The lowest BCUT2D eigenvalue weighted by molar-refractivity contribution is -0.445. The summed E-state index contributed by atoms with van der Waals surface area (Å²) in [5, 5.41) is 7.60. The summed E-state index contributed by atoms with van der Waals surface area (Å²) in [6.45, 7) is 4.25. The van der Waals surface area contributed by atoms with E-state index in [2.05, 4.69) is 95.3 Å². The smallest absolute Gasteiger partial charge is 0.281 e. The molecule has 4 aromatic rings. The third-order valence-electron chi connectivity index (χ3n) is 6.84. The molecule has 5 nitrogen and oxygen atoms in total. The van der Waals surface area contributed by atoms with Gasteiger partial charge in [0, 0.05) is 43.9 Å². The molecule has 1 unspecified atom stereocenters. The first-order valence-electron chi connectivity index (χ1n) is 10.8. The molecular formula is C27H23N5+2. The van der Waals surface area contributed by atoms with Crippen molar-refractivity contribution in [2.24, 2.45) is 0 Å². The maximum Gasteiger partial charge on any atom is 0.495 e. The molecule has 0 fully saturated rings. The van der Waals surface area contributed by atoms with Crippen LogP contribution in [0.1, 0.15) is 36.4 Å². The summed E-state index contributed by atoms with van der Waals surface area (Å²) in [5.41, 5.74) is 9.63. The Balaban J connectivity index is 1.69. The van der Waals surface area contributed by atoms with Crippen molar-refractivity contribution < 1.29 is 9.15 Å². The molecule has 2 aromatic heterocycles. The van der Waals surface area contributed by atoms with Crippen LogP contribution in [-0.4, -0.2) is 37.4 Å². The lowest BCUT2D eigenvalue weighted by Gasteiger charge is -2.30. The maximum absolute atomic E-state index is 4.93. The van der Waals surface area contributed by atoms with Gasteiger partial charge in [0.25, 0.3) is 11.4 Å². The molecule has 1 aliphatic heterocycles. The molecule has 1 N–H and O–H groups in total. The monoisotopic (exact) mass is 417 g/mol. The number of allylic oxidation sites excluding steroid dienone is 2. The van der Waals surface area contributed by atoms with Gasteiger partial charge in [0.1, 0.15) is 5.41 Å². The van der Waals surface area contributed by atoms with E-state index in [0.29, 0.717) is 0 Å². The number of aromatic nitrogens is 3. The number of H-pyrrole nitrogens is 1. The number of nitrogens with one attached hydrogen (secondary N) is 1. The maximum atomic E-state index is 4.93. The molecule has 1 atom stereocenters. The van der Waals surface area contributed by atoms with Crippen LogP contribution in [0.4, 0.5) is 5.69 Å². The molecule has 154 valence electrons. The highest BCUT2D eigenvalue weighted by Gasteiger charge is 2.49. The van der Waals surface area contributed by atoms with Crippen LogP contribution in [0.25, 0.3) is 11.1 Å². The quantitative estimate of drug-likeness (QED) is 0.425. The largest absolute Gasteiger partial charge is 0.495 e. The van der Waals surface area contributed by atoms with Crippen molar-refractivity contribution >= 4 is 11.7 Å². The second-order valence-corrected chi connectivity index (χ2v) is 8.38. The van der Waals surface area contributed by atoms with Gasteiger partial charge in [-0.25, -0.2) is 0 Å². The molecule has 3 heterocycles. The van der Waals surface area contributed by atoms with E-state index < -0.39 is 5.41 Å². The minimum absolute atomic E-state index is 0.571. The highest BCUT2D eigenvalue weighted by molar-refractivity contribution is 5.84. The summed E-state index contributed by atoms with van der Waals surface area (Å²) in [4.78, 5) is 4.93. The van der Waals surface area contributed by atoms with Crippen LogP contribution in [0.2, 0.25) is 0 Å². The third-order valence-corrected chi connectivity index (χ3v) is 6.84. The minimum atomic E-state index is -0.571. The molecule has 0 amide bonds. The summed E-state index contributed by atoms with van der Waals surface area (Å²) >= 11 is 0. The number of benzene rings is 2. The summed E-state index contributed by atoms with van der Waals surface area (Å²) < 4.78 is 4.16. The van der Waals surface area contributed by atoms with Crippen LogP contribution in [0.15, 0.2) is 90.5 Å². The van der Waals surface area contributed by atoms with Gasteiger partial charge in [-0.05, 0) is 28.8 Å². The first-order valence-corrected chi connectivity index (χ1v) is 10.8. The molecule has 0 radical (unpaired) electrons. The predicted molar refractivity (Wildman–Crippen MR) is 123 cm³/mol. The zero-order valence-corrected chi connectivity index (χ0v) is 18.3. The van der Waals surface area contributed by atoms with E-state index in [1.807, 2.05) is 30.1 Å². The highest BCUT2D eigenvalue weighted by Crippen LogP contribution is 2.54. The van der Waals surface area contributed by atoms with Gasteiger partial charge in [0.2, 0.25) is 5.69 Å². The van der Waals surface area contributed by atoms with Crippen molar-refractivity contribution in [3.8, 4) is 11.1 Å². The topological polar surface area (TPSA) is 47.6 Å². The summed E-state index contributed by atoms with van der Waals surface area (Å²) in [7, 11) is 2.03. The first-order chi connectivity index (χ1) is 15.6. The van der Waals surface area contributed by atoms with Crippen molar-refractivity contribution in [1.82, 2.24) is 15.2 Å². The number of hydrogen-bond donors (Lipinski definition) is 1. The summed E-state index contributed by atoms with van der Waals surface area (Å²) in [6, 6.07) is 27.0. The molecular weight excluding hydrogens is 394 g/mol. The molecule has 0 spiro atoms. The first kappa shape index (κ1) is 18.7. The van der Waals surface area contributed by atoms with E-state index in [-0.39, 0.29) is 0 Å². The summed E-state index contributed by atoms with van der Waals surface area (Å²) in [6.07, 6.45) is 3.70. The van der Waals surface area contributed by atoms with Crippen molar-refractivity contribution in [3.63, 3.8) is 0 Å². The number of fused-ring (bicyclic) bond motifs is 3. The van der Waals surface area contributed by atoms with Gasteiger partial charge in [-0.3, -0.25) is 10.1 Å². The Hall–Kier alpha value is -4.08. The third kappa shape index (κ3) is 2.34. The predicted octanol–water partition coefficient (Wildman–Crippen LogP) is 4.89. The Morgan fingerprint density at radius 1 is 0.875 bits per heavy atom. The Kier molecular flexibility index (Phi) is 3.91. The molecule has 2 aromatic carbocycles. The van der Waals surface area contributed by atoms with Crippen molar-refractivity contribution in [2.45, 2.75) is 19.3 Å². The normalized spacial score (nSPS) is 19.0. The van der Waals surface area contributed by atoms with Crippen LogP contribution in [0.5, 0.6) is 0 Å². The van der Waals surface area contributed by atoms with Crippen LogP contribution < -0.4 is 0 Å². The molecule has 0 saturated carbocycles. The highest BCUT2D eigenvalue weighted by atomic mass is 15.2. The Morgan fingerprint density at radius 3 is 2.50 bits per heavy atom. The molecule has 5 heteroatoms. The van der Waals surface area contributed by atoms with Gasteiger partial charge in [-0.15, -0.1) is 0 Å². The average Bonchev–Trinajstić information content (AvgIpc) is 3.53. The van der Waals surface area contributed by atoms with Crippen molar-refractivity contribution in [3.05, 3.63) is 113 Å². The van der Waals surface area contributed by atoms with Crippen LogP contribution in [0, 0.1) is 0 Å². The van der Waals surface area contributed by atoms with E-state index in [1.165, 1.54) is 22.5 Å². The number of nitrogens with zero attached hydrogens (tertiary/aromatic N) is 4. The Labute approximate surface area is 186 Å². The molecule has 2 aliphatic rings. The zero-order chi connectivity index (χ0) is 21.9. The van der Waals surface area contributed by atoms with Gasteiger partial charge >= 0.3 is 6.01 Å². The molecule has 32 heavy (non-hydrogen) atoms. The van der Waals surface area contributed by atoms with Gasteiger partial charge in [0.15, 0.2) is 7.05 Å². The molecule has 6 rings (SSSR count). The molecule has 0 bridgehead atoms. The average molecular weight is 418 g/mol. The van der Waals surface area contributed by atoms with E-state index in [0.717, 1.165) is 28.2 Å². The fourth-order valence-corrected chi connectivity index (χ4v) is 5.11. The van der Waals surface area contributed by atoms with Crippen LogP contribution >= 0.6 is 0 Å². The van der Waals surface area contributed by atoms with E-state index in [9.17, 15) is 0 Å². The second-order valence-electron chi connectivity index (χ2n) is 8.38. The standard InChI is InChI=1S/C27H23N5/c1-18-19(2)32(17-31(18)3)21-9-6-8-20(16-21)27(25-13-15-29-30-25)24-12-5-4-10-22(24)23-11-7-14-28-26(23)27/h4-16H,1-3H3,(H,29,30)/q+2. The lowest BCUT2D eigenvalue weighted by atomic mass is 9.72. The van der Waals surface area contributed by atoms with E-state index in [4.69, 9.17) is 4.98 Å². The van der Waals surface area contributed by atoms with Gasteiger partial charge in [-0.1, -0.05) is 51.6 Å². The Morgan fingerprint density at radius 2 is 1.72 bits per heavy atom. The van der Waals surface area contributed by atoms with Crippen LogP contribution in [0.3, 0.4) is 0 Å². The number of aromatic amines is 1. The fraction of sp³-hybridized carbons (Fsp3) is 0.148. The van der Waals surface area contributed by atoms with Gasteiger partial charge < -0.3 is 0 Å². The lowest BCUT2D eigenvalue weighted by Crippen LogP contribution is -2.30. The van der Waals surface area contributed by atoms with Crippen LogP contribution in [-0.2, 0) is 5.41 Å². The number of pyridine rings is 1. The van der Waals surface area contributed by atoms with Crippen molar-refractivity contribution in [2.75, 3.05) is 7.05 Å². The molecule has 1 aliphatic carbocycles. The van der Waals surface area contributed by atoms with E-state index >= 15 is 0 Å². The fourth-order valence-electron chi connectivity index (χ4n) is 5.11. The second kappa shape index (κ2) is 6.71. The van der Waals surface area contributed by atoms with Gasteiger partial charge in [0.05, 0.1) is 11.4 Å².